The minimum atomic E-state index is -0.471. The van der Waals surface area contributed by atoms with Crippen molar-refractivity contribution in [1.29, 1.82) is 0 Å². The third kappa shape index (κ3) is 6.53. The van der Waals surface area contributed by atoms with Gasteiger partial charge in [0, 0.05) is 37.2 Å². The topological polar surface area (TPSA) is 113 Å². The zero-order valence-corrected chi connectivity index (χ0v) is 11.9. The van der Waals surface area contributed by atoms with E-state index >= 15 is 0 Å². The van der Waals surface area contributed by atoms with Gasteiger partial charge in [-0.2, -0.15) is 0 Å². The lowest BCUT2D eigenvalue weighted by Crippen LogP contribution is -2.28. The molecule has 114 valence electrons. The van der Waals surface area contributed by atoms with Crippen LogP contribution in [0.3, 0.4) is 0 Å². The first-order valence-corrected chi connectivity index (χ1v) is 6.64. The molecule has 0 aliphatic heterocycles. The van der Waals surface area contributed by atoms with Crippen LogP contribution >= 0.6 is 0 Å². The number of primary amides is 1. The summed E-state index contributed by atoms with van der Waals surface area (Å²) in [6.45, 7) is 0.770. The van der Waals surface area contributed by atoms with Crippen LogP contribution in [0.4, 0.5) is 5.69 Å². The van der Waals surface area contributed by atoms with Gasteiger partial charge in [0.05, 0.1) is 0 Å². The van der Waals surface area contributed by atoms with E-state index in [4.69, 9.17) is 5.73 Å². The van der Waals surface area contributed by atoms with Crippen LogP contribution in [0, 0.1) is 0 Å². The van der Waals surface area contributed by atoms with Crippen LogP contribution in [0.2, 0.25) is 0 Å². The molecular weight excluding hydrogens is 272 g/mol. The average molecular weight is 292 g/mol. The predicted octanol–water partition coefficient (Wildman–Crippen LogP) is -0.160. The van der Waals surface area contributed by atoms with E-state index in [0.29, 0.717) is 24.2 Å². The fourth-order valence-electron chi connectivity index (χ4n) is 1.60. The quantitative estimate of drug-likeness (QED) is 0.533. The van der Waals surface area contributed by atoms with Gasteiger partial charge in [0.15, 0.2) is 0 Å². The summed E-state index contributed by atoms with van der Waals surface area (Å²) in [4.78, 5) is 34.0. The molecule has 1 aromatic rings. The van der Waals surface area contributed by atoms with Crippen LogP contribution < -0.4 is 21.7 Å². The second-order valence-electron chi connectivity index (χ2n) is 4.45. The second-order valence-corrected chi connectivity index (χ2v) is 4.45. The molecule has 1 rings (SSSR count). The number of benzene rings is 1. The molecule has 1 aromatic carbocycles. The Labute approximate surface area is 123 Å². The highest BCUT2D eigenvalue weighted by atomic mass is 16.2. The molecule has 0 atom stereocenters. The summed E-state index contributed by atoms with van der Waals surface area (Å²) in [5.74, 6) is -0.918. The summed E-state index contributed by atoms with van der Waals surface area (Å²) in [6, 6.07) is 6.59. The first kappa shape index (κ1) is 16.6. The monoisotopic (exact) mass is 292 g/mol. The molecule has 21 heavy (non-hydrogen) atoms. The van der Waals surface area contributed by atoms with Crippen LogP contribution in [0.15, 0.2) is 24.3 Å². The molecule has 0 aromatic heterocycles. The number of nitrogens with two attached hydrogens (primary N) is 1. The van der Waals surface area contributed by atoms with Gasteiger partial charge in [0.25, 0.3) is 5.91 Å². The number of amides is 3. The zero-order valence-electron chi connectivity index (χ0n) is 11.9. The Morgan fingerprint density at radius 1 is 1.14 bits per heavy atom. The summed E-state index contributed by atoms with van der Waals surface area (Å²) in [6.07, 6.45) is 0.442. The predicted molar refractivity (Wildman–Crippen MR) is 79.8 cm³/mol. The smallest absolute Gasteiger partial charge is 0.251 e. The molecule has 7 nitrogen and oxygen atoms in total. The maximum atomic E-state index is 11.9. The van der Waals surface area contributed by atoms with Crippen molar-refractivity contribution in [1.82, 2.24) is 10.6 Å². The van der Waals surface area contributed by atoms with Gasteiger partial charge in [-0.15, -0.1) is 0 Å². The molecule has 0 radical (unpaired) electrons. The SMILES string of the molecule is CNCCC(=O)Nc1cccc(C(=O)NCCC(N)=O)c1. The lowest BCUT2D eigenvalue weighted by molar-refractivity contribution is -0.118. The molecule has 0 aliphatic rings. The van der Waals surface area contributed by atoms with E-state index < -0.39 is 5.91 Å². The van der Waals surface area contributed by atoms with Crippen molar-refractivity contribution in [3.05, 3.63) is 29.8 Å². The summed E-state index contributed by atoms with van der Waals surface area (Å²) in [5.41, 5.74) is 5.96. The highest BCUT2D eigenvalue weighted by molar-refractivity contribution is 5.97. The zero-order chi connectivity index (χ0) is 15.7. The van der Waals surface area contributed by atoms with Crippen molar-refractivity contribution >= 4 is 23.4 Å². The summed E-state index contributed by atoms with van der Waals surface area (Å²) in [5, 5.41) is 8.18. The standard InChI is InChI=1S/C14H20N4O3/c1-16-7-6-13(20)18-11-4-2-3-10(9-11)14(21)17-8-5-12(15)19/h2-4,9,16H,5-8H2,1H3,(H2,15,19)(H,17,21)(H,18,20). The largest absolute Gasteiger partial charge is 0.370 e. The molecule has 0 spiro atoms. The molecule has 3 amide bonds. The van der Waals surface area contributed by atoms with E-state index in [9.17, 15) is 14.4 Å². The third-order valence-corrected chi connectivity index (χ3v) is 2.67. The normalized spacial score (nSPS) is 9.95. The number of hydrogen-bond acceptors (Lipinski definition) is 4. The Kier molecular flexibility index (Phi) is 6.90. The van der Waals surface area contributed by atoms with Gasteiger partial charge in [-0.1, -0.05) is 6.07 Å². The van der Waals surface area contributed by atoms with Gasteiger partial charge in [0.1, 0.15) is 0 Å². The summed E-state index contributed by atoms with van der Waals surface area (Å²) in [7, 11) is 1.77. The minimum absolute atomic E-state index is 0.0895. The number of nitrogens with one attached hydrogen (secondary N) is 3. The Morgan fingerprint density at radius 3 is 2.57 bits per heavy atom. The van der Waals surface area contributed by atoms with Crippen molar-refractivity contribution in [3.8, 4) is 0 Å². The molecule has 0 unspecified atom stereocenters. The second kappa shape index (κ2) is 8.70. The summed E-state index contributed by atoms with van der Waals surface area (Å²) < 4.78 is 0. The van der Waals surface area contributed by atoms with Crippen LogP contribution in [0.1, 0.15) is 23.2 Å². The fraction of sp³-hybridized carbons (Fsp3) is 0.357. The number of carbonyl (C=O) groups excluding carboxylic acids is 3. The molecule has 0 fully saturated rings. The van der Waals surface area contributed by atoms with E-state index in [-0.39, 0.29) is 24.8 Å². The number of anilines is 1. The van der Waals surface area contributed by atoms with Gasteiger partial charge >= 0.3 is 0 Å². The third-order valence-electron chi connectivity index (χ3n) is 2.67. The lowest BCUT2D eigenvalue weighted by Gasteiger charge is -2.08. The number of carbonyl (C=O) groups is 3. The van der Waals surface area contributed by atoms with Crippen molar-refractivity contribution in [2.45, 2.75) is 12.8 Å². The maximum absolute atomic E-state index is 11.9. The summed E-state index contributed by atoms with van der Waals surface area (Å²) >= 11 is 0. The van der Waals surface area contributed by atoms with Gasteiger partial charge in [0.2, 0.25) is 11.8 Å². The van der Waals surface area contributed by atoms with E-state index in [2.05, 4.69) is 16.0 Å². The fourth-order valence-corrected chi connectivity index (χ4v) is 1.60. The van der Waals surface area contributed by atoms with E-state index in [1.54, 1.807) is 31.3 Å². The van der Waals surface area contributed by atoms with Crippen LogP contribution in [0.25, 0.3) is 0 Å². The van der Waals surface area contributed by atoms with Crippen LogP contribution in [-0.4, -0.2) is 37.9 Å². The van der Waals surface area contributed by atoms with Crippen LogP contribution in [-0.2, 0) is 9.59 Å². The van der Waals surface area contributed by atoms with Gasteiger partial charge < -0.3 is 21.7 Å². The van der Waals surface area contributed by atoms with Gasteiger partial charge in [-0.05, 0) is 25.2 Å². The minimum Gasteiger partial charge on any atom is -0.370 e. The Balaban J connectivity index is 2.56. The van der Waals surface area contributed by atoms with E-state index in [0.717, 1.165) is 0 Å². The molecule has 0 bridgehead atoms. The number of hydrogen-bond donors (Lipinski definition) is 4. The van der Waals surface area contributed by atoms with Gasteiger partial charge in [-0.3, -0.25) is 14.4 Å². The van der Waals surface area contributed by atoms with E-state index in [1.807, 2.05) is 0 Å². The lowest BCUT2D eigenvalue weighted by atomic mass is 10.2. The van der Waals surface area contributed by atoms with Crippen molar-refractivity contribution in [3.63, 3.8) is 0 Å². The van der Waals surface area contributed by atoms with E-state index in [1.165, 1.54) is 0 Å². The van der Waals surface area contributed by atoms with Gasteiger partial charge in [-0.25, -0.2) is 0 Å². The molecule has 0 heterocycles. The molecule has 7 heteroatoms. The van der Waals surface area contributed by atoms with Crippen molar-refractivity contribution in [2.75, 3.05) is 25.5 Å². The van der Waals surface area contributed by atoms with Crippen molar-refractivity contribution < 1.29 is 14.4 Å². The molecule has 5 N–H and O–H groups in total. The highest BCUT2D eigenvalue weighted by Crippen LogP contribution is 2.11. The maximum Gasteiger partial charge on any atom is 0.251 e. The van der Waals surface area contributed by atoms with Crippen molar-refractivity contribution in [2.24, 2.45) is 5.73 Å². The average Bonchev–Trinajstić information content (AvgIpc) is 2.45. The highest BCUT2D eigenvalue weighted by Gasteiger charge is 2.08. The Morgan fingerprint density at radius 2 is 1.90 bits per heavy atom. The Bertz CT molecular complexity index is 517. The first-order valence-electron chi connectivity index (χ1n) is 6.64. The molecule has 0 saturated carbocycles. The first-order chi connectivity index (χ1) is 10.0. The van der Waals surface area contributed by atoms with Crippen LogP contribution in [0.5, 0.6) is 0 Å². The molecule has 0 aliphatic carbocycles. The Hall–Kier alpha value is -2.41. The molecular formula is C14H20N4O3. The number of rotatable bonds is 8. The molecule has 0 saturated heterocycles.